The van der Waals surface area contributed by atoms with Crippen molar-refractivity contribution in [2.24, 2.45) is 5.92 Å². The van der Waals surface area contributed by atoms with Crippen molar-refractivity contribution in [3.8, 4) is 0 Å². The van der Waals surface area contributed by atoms with Gasteiger partial charge in [-0.15, -0.1) is 11.3 Å². The minimum Gasteiger partial charge on any atom is -0.375 e. The van der Waals surface area contributed by atoms with Gasteiger partial charge in [-0.3, -0.25) is 4.79 Å². The number of fused-ring (bicyclic) bond motifs is 1. The maximum Gasteiger partial charge on any atom is 0.270 e. The fourth-order valence-corrected chi connectivity index (χ4v) is 3.75. The van der Waals surface area contributed by atoms with E-state index in [-0.39, 0.29) is 12.0 Å². The molecule has 1 N–H and O–H groups in total. The SMILES string of the molecule is CC(C)CCC[C@@H]1CN(C(=O)c2cc3sccc3[nH]2)CCO1. The Morgan fingerprint density at radius 2 is 2.41 bits per heavy atom. The van der Waals surface area contributed by atoms with Crippen LogP contribution in [0.25, 0.3) is 10.2 Å². The molecule has 1 saturated heterocycles. The molecule has 1 fully saturated rings. The highest BCUT2D eigenvalue weighted by Gasteiger charge is 2.25. The highest BCUT2D eigenvalue weighted by Crippen LogP contribution is 2.23. The van der Waals surface area contributed by atoms with Gasteiger partial charge >= 0.3 is 0 Å². The Kier molecular flexibility index (Phi) is 4.84. The van der Waals surface area contributed by atoms with Crippen molar-refractivity contribution in [3.63, 3.8) is 0 Å². The third-order valence-corrected chi connectivity index (χ3v) is 5.07. The molecule has 1 aliphatic rings. The van der Waals surface area contributed by atoms with E-state index in [1.54, 1.807) is 11.3 Å². The van der Waals surface area contributed by atoms with Gasteiger partial charge in [-0.1, -0.05) is 26.7 Å². The number of morpholine rings is 1. The predicted molar refractivity (Wildman–Crippen MR) is 90.5 cm³/mol. The molecular formula is C17H24N2O2S. The van der Waals surface area contributed by atoms with Crippen LogP contribution in [0.15, 0.2) is 17.5 Å². The van der Waals surface area contributed by atoms with Crippen LogP contribution in [-0.4, -0.2) is 41.6 Å². The summed E-state index contributed by atoms with van der Waals surface area (Å²) in [6.45, 7) is 6.53. The molecule has 5 heteroatoms. The first-order chi connectivity index (χ1) is 10.6. The van der Waals surface area contributed by atoms with Crippen molar-refractivity contribution in [3.05, 3.63) is 23.2 Å². The molecule has 0 radical (unpaired) electrons. The summed E-state index contributed by atoms with van der Waals surface area (Å²) in [7, 11) is 0. The van der Waals surface area contributed by atoms with Crippen molar-refractivity contribution in [2.75, 3.05) is 19.7 Å². The molecule has 0 spiro atoms. The fourth-order valence-electron chi connectivity index (χ4n) is 2.97. The maximum absolute atomic E-state index is 12.6. The number of nitrogens with zero attached hydrogens (tertiary/aromatic N) is 1. The number of aromatic nitrogens is 1. The van der Waals surface area contributed by atoms with Crippen LogP contribution in [0.1, 0.15) is 43.6 Å². The number of nitrogens with one attached hydrogen (secondary N) is 1. The third-order valence-electron chi connectivity index (χ3n) is 4.20. The lowest BCUT2D eigenvalue weighted by Crippen LogP contribution is -2.45. The first kappa shape index (κ1) is 15.6. The fraction of sp³-hybridized carbons (Fsp3) is 0.588. The zero-order valence-electron chi connectivity index (χ0n) is 13.3. The second-order valence-electron chi connectivity index (χ2n) is 6.45. The van der Waals surface area contributed by atoms with Crippen LogP contribution in [-0.2, 0) is 4.74 Å². The maximum atomic E-state index is 12.6. The normalized spacial score (nSPS) is 19.2. The van der Waals surface area contributed by atoms with Gasteiger partial charge in [-0.2, -0.15) is 0 Å². The second kappa shape index (κ2) is 6.84. The number of thiophene rings is 1. The molecule has 22 heavy (non-hydrogen) atoms. The standard InChI is InChI=1S/C17H24N2O2S/c1-12(2)4-3-5-13-11-19(7-8-21-13)17(20)15-10-16-14(18-15)6-9-22-16/h6,9-10,12-13,18H,3-5,7-8,11H2,1-2H3/t13-/m1/s1. The summed E-state index contributed by atoms with van der Waals surface area (Å²) in [5, 5.41) is 2.04. The lowest BCUT2D eigenvalue weighted by atomic mass is 10.0. The lowest BCUT2D eigenvalue weighted by molar-refractivity contribution is -0.0261. The molecule has 0 saturated carbocycles. The van der Waals surface area contributed by atoms with E-state index in [0.29, 0.717) is 25.4 Å². The summed E-state index contributed by atoms with van der Waals surface area (Å²) in [6, 6.07) is 3.98. The van der Waals surface area contributed by atoms with Crippen LogP contribution in [0.2, 0.25) is 0 Å². The number of ether oxygens (including phenoxy) is 1. The van der Waals surface area contributed by atoms with E-state index >= 15 is 0 Å². The van der Waals surface area contributed by atoms with Crippen LogP contribution in [0.3, 0.4) is 0 Å². The lowest BCUT2D eigenvalue weighted by Gasteiger charge is -2.33. The number of carbonyl (C=O) groups excluding carboxylic acids is 1. The summed E-state index contributed by atoms with van der Waals surface area (Å²) in [5.74, 6) is 0.828. The van der Waals surface area contributed by atoms with E-state index in [9.17, 15) is 4.79 Å². The molecule has 0 bridgehead atoms. The Bertz CT molecular complexity index is 603. The summed E-state index contributed by atoms with van der Waals surface area (Å²) in [4.78, 5) is 17.8. The minimum atomic E-state index is 0.0977. The van der Waals surface area contributed by atoms with Crippen LogP contribution in [0.4, 0.5) is 0 Å². The van der Waals surface area contributed by atoms with E-state index in [1.807, 2.05) is 22.4 Å². The molecule has 0 aromatic carbocycles. The summed E-state index contributed by atoms with van der Waals surface area (Å²) < 4.78 is 6.96. The van der Waals surface area contributed by atoms with Gasteiger partial charge in [0.25, 0.3) is 5.91 Å². The number of amides is 1. The van der Waals surface area contributed by atoms with Gasteiger partial charge < -0.3 is 14.6 Å². The summed E-state index contributed by atoms with van der Waals surface area (Å²) in [6.07, 6.45) is 3.62. The Morgan fingerprint density at radius 1 is 1.55 bits per heavy atom. The number of aromatic amines is 1. The second-order valence-corrected chi connectivity index (χ2v) is 7.40. The minimum absolute atomic E-state index is 0.0977. The van der Waals surface area contributed by atoms with E-state index in [0.717, 1.165) is 22.6 Å². The van der Waals surface area contributed by atoms with Gasteiger partial charge in [0, 0.05) is 13.1 Å². The van der Waals surface area contributed by atoms with Crippen molar-refractivity contribution < 1.29 is 9.53 Å². The molecule has 1 amide bonds. The third kappa shape index (κ3) is 3.52. The van der Waals surface area contributed by atoms with Crippen LogP contribution in [0.5, 0.6) is 0 Å². The first-order valence-electron chi connectivity index (χ1n) is 8.10. The number of carbonyl (C=O) groups is 1. The van der Waals surface area contributed by atoms with E-state index in [1.165, 1.54) is 12.8 Å². The topological polar surface area (TPSA) is 45.3 Å². The number of H-pyrrole nitrogens is 1. The van der Waals surface area contributed by atoms with Gasteiger partial charge in [0.05, 0.1) is 22.9 Å². The first-order valence-corrected chi connectivity index (χ1v) is 8.98. The average molecular weight is 320 g/mol. The molecule has 0 unspecified atom stereocenters. The van der Waals surface area contributed by atoms with E-state index < -0.39 is 0 Å². The number of rotatable bonds is 5. The van der Waals surface area contributed by atoms with E-state index in [4.69, 9.17) is 4.74 Å². The zero-order chi connectivity index (χ0) is 15.5. The predicted octanol–water partition coefficient (Wildman–Crippen LogP) is 3.90. The Balaban J connectivity index is 1.59. The van der Waals surface area contributed by atoms with Crippen molar-refractivity contribution in [1.29, 1.82) is 0 Å². The Hall–Kier alpha value is -1.33. The molecule has 2 aromatic rings. The van der Waals surface area contributed by atoms with Crippen molar-refractivity contribution >= 4 is 27.5 Å². The van der Waals surface area contributed by atoms with Crippen LogP contribution >= 0.6 is 11.3 Å². The van der Waals surface area contributed by atoms with Crippen LogP contribution < -0.4 is 0 Å². The molecule has 4 nitrogen and oxygen atoms in total. The van der Waals surface area contributed by atoms with Gasteiger partial charge in [-0.05, 0) is 29.9 Å². The van der Waals surface area contributed by atoms with E-state index in [2.05, 4.69) is 18.8 Å². The van der Waals surface area contributed by atoms with Crippen LogP contribution in [0, 0.1) is 5.92 Å². The van der Waals surface area contributed by atoms with Gasteiger partial charge in [0.2, 0.25) is 0 Å². The number of hydrogen-bond donors (Lipinski definition) is 1. The molecule has 120 valence electrons. The number of hydrogen-bond acceptors (Lipinski definition) is 3. The molecular weight excluding hydrogens is 296 g/mol. The van der Waals surface area contributed by atoms with Crippen molar-refractivity contribution in [2.45, 2.75) is 39.2 Å². The summed E-state index contributed by atoms with van der Waals surface area (Å²) in [5.41, 5.74) is 1.75. The molecule has 3 rings (SSSR count). The largest absolute Gasteiger partial charge is 0.375 e. The average Bonchev–Trinajstić information content (AvgIpc) is 3.07. The monoisotopic (exact) mass is 320 g/mol. The van der Waals surface area contributed by atoms with Crippen molar-refractivity contribution in [1.82, 2.24) is 9.88 Å². The van der Waals surface area contributed by atoms with Gasteiger partial charge in [0.1, 0.15) is 5.69 Å². The highest BCUT2D eigenvalue weighted by molar-refractivity contribution is 7.17. The van der Waals surface area contributed by atoms with Gasteiger partial charge in [0.15, 0.2) is 0 Å². The molecule has 1 aliphatic heterocycles. The molecule has 2 aromatic heterocycles. The van der Waals surface area contributed by atoms with Gasteiger partial charge in [-0.25, -0.2) is 0 Å². The quantitative estimate of drug-likeness (QED) is 0.908. The molecule has 3 heterocycles. The Morgan fingerprint density at radius 3 is 3.18 bits per heavy atom. The molecule has 0 aliphatic carbocycles. The highest BCUT2D eigenvalue weighted by atomic mass is 32.1. The zero-order valence-corrected chi connectivity index (χ0v) is 14.1. The smallest absolute Gasteiger partial charge is 0.270 e. The molecule has 1 atom stereocenters. The summed E-state index contributed by atoms with van der Waals surface area (Å²) >= 11 is 1.66. The Labute approximate surface area is 135 Å².